The number of aromatic nitrogens is 3. The van der Waals surface area contributed by atoms with E-state index in [0.717, 1.165) is 15.4 Å². The summed E-state index contributed by atoms with van der Waals surface area (Å²) in [5, 5.41) is 2.83. The Morgan fingerprint density at radius 1 is 0.972 bits per heavy atom. The second-order valence-electron chi connectivity index (χ2n) is 8.22. The van der Waals surface area contributed by atoms with Crippen LogP contribution in [0.1, 0.15) is 5.56 Å². The van der Waals surface area contributed by atoms with Crippen LogP contribution in [0.25, 0.3) is 16.6 Å². The highest BCUT2D eigenvalue weighted by Gasteiger charge is 2.23. The summed E-state index contributed by atoms with van der Waals surface area (Å²) in [6, 6.07) is 10.4. The average molecular weight is 625 g/mol. The molecule has 188 valence electrons. The van der Waals surface area contributed by atoms with E-state index >= 15 is 0 Å². The van der Waals surface area contributed by atoms with Crippen LogP contribution in [0, 0.1) is 16.3 Å². The molecule has 4 rings (SSSR count). The fourth-order valence-electron chi connectivity index (χ4n) is 3.93. The molecule has 4 aromatic rings. The maximum atomic E-state index is 14.7. The van der Waals surface area contributed by atoms with Crippen molar-refractivity contribution in [2.75, 3.05) is 16.3 Å². The second kappa shape index (κ2) is 9.20. The van der Waals surface area contributed by atoms with Gasteiger partial charge < -0.3 is 5.32 Å². The minimum absolute atomic E-state index is 0.000439. The van der Waals surface area contributed by atoms with Crippen LogP contribution in [0.2, 0.25) is 0 Å². The molecule has 2 N–H and O–H groups in total. The zero-order valence-corrected chi connectivity index (χ0v) is 22.6. The van der Waals surface area contributed by atoms with Crippen LogP contribution < -0.4 is 26.8 Å². The lowest BCUT2D eigenvalue weighted by Gasteiger charge is -2.20. The number of pyridine rings is 1. The van der Waals surface area contributed by atoms with Crippen LogP contribution in [0.5, 0.6) is 0 Å². The van der Waals surface area contributed by atoms with Crippen molar-refractivity contribution in [3.63, 3.8) is 0 Å². The molecule has 0 saturated carbocycles. The standard InChI is InChI=1S/C23H21FIN5O5S/c1-12-19-18(20(28(2)21(12)31)26-17-9-8-13(25)10-16(17)24)22(32)29(3)23(33)30(19)15-7-5-6-14(11-15)27-36(4,34)35/h5-11,26-27H,1-4H3. The minimum Gasteiger partial charge on any atom is -0.338 e. The number of fused-ring (bicyclic) bond motifs is 1. The Bertz CT molecular complexity index is 1840. The number of nitrogens with one attached hydrogen (secondary N) is 2. The zero-order valence-electron chi connectivity index (χ0n) is 19.6. The fraction of sp³-hybridized carbons (Fsp3) is 0.174. The van der Waals surface area contributed by atoms with Gasteiger partial charge in [0.1, 0.15) is 17.0 Å². The molecular formula is C23H21FIN5O5S. The molecule has 2 heterocycles. The number of nitrogens with zero attached hydrogens (tertiary/aromatic N) is 3. The molecule has 10 nitrogen and oxygen atoms in total. The third kappa shape index (κ3) is 4.55. The van der Waals surface area contributed by atoms with Crippen LogP contribution in [-0.4, -0.2) is 28.4 Å². The first-order chi connectivity index (χ1) is 16.8. The number of benzene rings is 2. The van der Waals surface area contributed by atoms with Crippen molar-refractivity contribution in [2.24, 2.45) is 14.1 Å². The fourth-order valence-corrected chi connectivity index (χ4v) is 4.94. The van der Waals surface area contributed by atoms with Gasteiger partial charge in [0.25, 0.3) is 11.1 Å². The molecule has 0 aliphatic carbocycles. The molecule has 0 radical (unpaired) electrons. The summed E-state index contributed by atoms with van der Waals surface area (Å²) in [6.07, 6.45) is 0.989. The molecule has 2 aromatic heterocycles. The molecule has 0 spiro atoms. The predicted octanol–water partition coefficient (Wildman–Crippen LogP) is 2.56. The summed E-state index contributed by atoms with van der Waals surface area (Å²) in [5.74, 6) is -0.590. The lowest BCUT2D eigenvalue weighted by atomic mass is 10.1. The van der Waals surface area contributed by atoms with Gasteiger partial charge in [0.05, 0.1) is 28.8 Å². The van der Waals surface area contributed by atoms with Gasteiger partial charge in [-0.15, -0.1) is 0 Å². The Labute approximate surface area is 218 Å². The third-order valence-electron chi connectivity index (χ3n) is 5.60. The van der Waals surface area contributed by atoms with Crippen molar-refractivity contribution >= 4 is 60.7 Å². The summed E-state index contributed by atoms with van der Waals surface area (Å²) in [4.78, 5) is 39.9. The molecule has 0 bridgehead atoms. The van der Waals surface area contributed by atoms with Gasteiger partial charge in [0.2, 0.25) is 10.0 Å². The quantitative estimate of drug-likeness (QED) is 0.329. The number of halogens is 2. The normalized spacial score (nSPS) is 11.6. The van der Waals surface area contributed by atoms with E-state index in [1.807, 2.05) is 22.6 Å². The number of aryl methyl sites for hydroxylation is 1. The van der Waals surface area contributed by atoms with E-state index < -0.39 is 32.6 Å². The van der Waals surface area contributed by atoms with E-state index in [2.05, 4.69) is 10.0 Å². The minimum atomic E-state index is -3.60. The smallest absolute Gasteiger partial charge is 0.335 e. The van der Waals surface area contributed by atoms with Gasteiger partial charge in [-0.05, 0) is 65.9 Å². The van der Waals surface area contributed by atoms with Crippen molar-refractivity contribution < 1.29 is 12.8 Å². The molecule has 36 heavy (non-hydrogen) atoms. The Kier molecular flexibility index (Phi) is 6.55. The van der Waals surface area contributed by atoms with Crippen LogP contribution in [0.15, 0.2) is 56.8 Å². The van der Waals surface area contributed by atoms with Crippen LogP contribution >= 0.6 is 22.6 Å². The van der Waals surface area contributed by atoms with Gasteiger partial charge in [-0.1, -0.05) is 6.07 Å². The van der Waals surface area contributed by atoms with Crippen molar-refractivity contribution in [3.05, 3.63) is 88.6 Å². The Morgan fingerprint density at radius 2 is 1.67 bits per heavy atom. The van der Waals surface area contributed by atoms with Crippen molar-refractivity contribution in [2.45, 2.75) is 6.92 Å². The van der Waals surface area contributed by atoms with Crippen LogP contribution in [-0.2, 0) is 24.1 Å². The number of hydrogen-bond acceptors (Lipinski definition) is 6. The van der Waals surface area contributed by atoms with E-state index in [4.69, 9.17) is 0 Å². The average Bonchev–Trinajstić information content (AvgIpc) is 2.79. The van der Waals surface area contributed by atoms with Gasteiger partial charge in [0.15, 0.2) is 0 Å². The molecule has 0 aliphatic rings. The third-order valence-corrected chi connectivity index (χ3v) is 6.88. The van der Waals surface area contributed by atoms with E-state index in [9.17, 15) is 27.2 Å². The lowest BCUT2D eigenvalue weighted by molar-refractivity contribution is 0.607. The molecule has 0 aliphatic heterocycles. The molecule has 2 aromatic carbocycles. The highest BCUT2D eigenvalue weighted by molar-refractivity contribution is 14.1. The summed E-state index contributed by atoms with van der Waals surface area (Å²) >= 11 is 1.96. The number of rotatable bonds is 5. The first-order valence-electron chi connectivity index (χ1n) is 10.5. The summed E-state index contributed by atoms with van der Waals surface area (Å²) in [6.45, 7) is 1.48. The van der Waals surface area contributed by atoms with Gasteiger partial charge in [-0.2, -0.15) is 0 Å². The monoisotopic (exact) mass is 625 g/mol. The first kappa shape index (κ1) is 25.6. The predicted molar refractivity (Wildman–Crippen MR) is 146 cm³/mol. The van der Waals surface area contributed by atoms with Gasteiger partial charge in [-0.3, -0.25) is 28.0 Å². The van der Waals surface area contributed by atoms with Gasteiger partial charge in [-0.25, -0.2) is 17.6 Å². The number of sulfonamides is 1. The SMILES string of the molecule is Cc1c(=O)n(C)c(Nc2ccc(I)cc2F)c2c(=O)n(C)c(=O)n(-c3cccc(NS(C)(=O)=O)c3)c12. The summed E-state index contributed by atoms with van der Waals surface area (Å²) < 4.78 is 44.3. The van der Waals surface area contributed by atoms with E-state index in [-0.39, 0.29) is 39.3 Å². The molecule has 0 fully saturated rings. The number of anilines is 3. The Morgan fingerprint density at radius 3 is 2.31 bits per heavy atom. The van der Waals surface area contributed by atoms with Crippen molar-refractivity contribution in [1.82, 2.24) is 13.7 Å². The Balaban J connectivity index is 2.12. The maximum Gasteiger partial charge on any atom is 0.335 e. The van der Waals surface area contributed by atoms with Gasteiger partial charge in [0, 0.05) is 23.2 Å². The summed E-state index contributed by atoms with van der Waals surface area (Å²) in [5.41, 5.74) is -1.37. The topological polar surface area (TPSA) is 124 Å². The first-order valence-corrected chi connectivity index (χ1v) is 13.4. The van der Waals surface area contributed by atoms with Crippen molar-refractivity contribution in [1.29, 1.82) is 0 Å². The van der Waals surface area contributed by atoms with E-state index in [1.54, 1.807) is 12.1 Å². The second-order valence-corrected chi connectivity index (χ2v) is 11.2. The largest absolute Gasteiger partial charge is 0.338 e. The van der Waals surface area contributed by atoms with Crippen LogP contribution in [0.4, 0.5) is 21.6 Å². The molecule has 0 amide bonds. The maximum absolute atomic E-state index is 14.7. The molecular weight excluding hydrogens is 604 g/mol. The van der Waals surface area contributed by atoms with Gasteiger partial charge >= 0.3 is 5.69 Å². The summed E-state index contributed by atoms with van der Waals surface area (Å²) in [7, 11) is -0.880. The van der Waals surface area contributed by atoms with Crippen LogP contribution in [0.3, 0.4) is 0 Å². The highest BCUT2D eigenvalue weighted by atomic mass is 127. The van der Waals surface area contributed by atoms with E-state index in [1.165, 1.54) is 55.9 Å². The molecule has 13 heteroatoms. The number of hydrogen-bond donors (Lipinski definition) is 2. The highest BCUT2D eigenvalue weighted by Crippen LogP contribution is 2.27. The molecule has 0 saturated heterocycles. The Hall–Kier alpha value is -3.46. The van der Waals surface area contributed by atoms with E-state index in [0.29, 0.717) is 3.57 Å². The molecule has 0 atom stereocenters. The van der Waals surface area contributed by atoms with Crippen molar-refractivity contribution in [3.8, 4) is 5.69 Å². The molecule has 0 unspecified atom stereocenters. The lowest BCUT2D eigenvalue weighted by Crippen LogP contribution is -2.40. The zero-order chi connectivity index (χ0) is 26.5.